The summed E-state index contributed by atoms with van der Waals surface area (Å²) in [4.78, 5) is 50.6. The second kappa shape index (κ2) is 11.9. The lowest BCUT2D eigenvalue weighted by atomic mass is 9.91. The fourth-order valence-corrected chi connectivity index (χ4v) is 4.33. The summed E-state index contributed by atoms with van der Waals surface area (Å²) in [7, 11) is 0. The van der Waals surface area contributed by atoms with Gasteiger partial charge in [-0.2, -0.15) is 0 Å². The highest BCUT2D eigenvalue weighted by atomic mass is 35.5. The first-order chi connectivity index (χ1) is 17.8. The first-order valence-electron chi connectivity index (χ1n) is 11.4. The second-order valence-electron chi connectivity index (χ2n) is 8.42. The number of carbonyl (C=O) groups excluding carboxylic acids is 4. The van der Waals surface area contributed by atoms with Crippen molar-refractivity contribution < 1.29 is 23.9 Å². The molecule has 1 atom stereocenters. The van der Waals surface area contributed by atoms with Crippen molar-refractivity contribution in [1.82, 2.24) is 10.4 Å². The molecule has 8 nitrogen and oxygen atoms in total. The van der Waals surface area contributed by atoms with Gasteiger partial charge in [0.05, 0.1) is 29.1 Å². The van der Waals surface area contributed by atoms with Crippen molar-refractivity contribution in [2.45, 2.75) is 12.3 Å². The number of hydrazine groups is 1. The van der Waals surface area contributed by atoms with Crippen molar-refractivity contribution >= 4 is 52.6 Å². The predicted molar refractivity (Wildman–Crippen MR) is 139 cm³/mol. The lowest BCUT2D eigenvalue weighted by Gasteiger charge is -2.23. The minimum atomic E-state index is -0.831. The normalized spacial score (nSPS) is 14.9. The number of rotatable bonds is 8. The number of anilines is 1. The largest absolute Gasteiger partial charge is 0.455 e. The molecule has 3 aromatic carbocycles. The molecule has 190 valence electrons. The van der Waals surface area contributed by atoms with Crippen LogP contribution in [0, 0.1) is 5.92 Å². The number of hydrogen-bond donors (Lipinski definition) is 2. The molecule has 0 aliphatic carbocycles. The Labute approximate surface area is 223 Å². The smallest absolute Gasteiger partial charge is 0.311 e. The van der Waals surface area contributed by atoms with Gasteiger partial charge in [-0.15, -0.1) is 0 Å². The minimum absolute atomic E-state index is 0.0680. The van der Waals surface area contributed by atoms with Gasteiger partial charge in [0, 0.05) is 11.4 Å². The summed E-state index contributed by atoms with van der Waals surface area (Å²) in [6.07, 6.45) is -0.151. The topological polar surface area (TPSA) is 105 Å². The van der Waals surface area contributed by atoms with Crippen LogP contribution in [0.25, 0.3) is 0 Å². The predicted octanol–water partition coefficient (Wildman–Crippen LogP) is 4.19. The van der Waals surface area contributed by atoms with Crippen molar-refractivity contribution in [2.24, 2.45) is 5.92 Å². The standard InChI is InChI=1S/C27H23Cl2N3O5/c28-20-11-12-21(29)22(14-20)30-23(33)16-37-27(36)19-13-24(34)32(15-19)31-26(35)25(17-7-3-1-4-8-17)18-9-5-2-6-10-18/h1-12,14,19,25H,13,15-16H2,(H,30,33)(H,31,35)/t19-/m0/s1. The quantitative estimate of drug-likeness (QED) is 0.417. The molecular weight excluding hydrogens is 517 g/mol. The highest BCUT2D eigenvalue weighted by Gasteiger charge is 2.37. The van der Waals surface area contributed by atoms with Gasteiger partial charge in [-0.25, -0.2) is 0 Å². The zero-order valence-corrected chi connectivity index (χ0v) is 21.0. The molecule has 0 spiro atoms. The van der Waals surface area contributed by atoms with Gasteiger partial charge in [0.15, 0.2) is 6.61 Å². The van der Waals surface area contributed by atoms with Crippen LogP contribution in [0.3, 0.4) is 0 Å². The van der Waals surface area contributed by atoms with E-state index in [1.54, 1.807) is 6.07 Å². The van der Waals surface area contributed by atoms with Crippen LogP contribution < -0.4 is 10.7 Å². The van der Waals surface area contributed by atoms with E-state index in [2.05, 4.69) is 10.7 Å². The summed E-state index contributed by atoms with van der Waals surface area (Å²) in [5, 5.41) is 4.30. The first kappa shape index (κ1) is 26.2. The molecule has 1 aliphatic heterocycles. The zero-order chi connectivity index (χ0) is 26.4. The van der Waals surface area contributed by atoms with Crippen LogP contribution in [0.1, 0.15) is 23.5 Å². The van der Waals surface area contributed by atoms with Gasteiger partial charge in [0.1, 0.15) is 0 Å². The van der Waals surface area contributed by atoms with Crippen LogP contribution in [-0.4, -0.2) is 41.9 Å². The number of carbonyl (C=O) groups is 4. The first-order valence-corrected chi connectivity index (χ1v) is 12.2. The average Bonchev–Trinajstić information content (AvgIpc) is 3.26. The van der Waals surface area contributed by atoms with Gasteiger partial charge < -0.3 is 10.1 Å². The lowest BCUT2D eigenvalue weighted by molar-refractivity contribution is -0.151. The molecular formula is C27H23Cl2N3O5. The number of benzene rings is 3. The van der Waals surface area contributed by atoms with E-state index in [9.17, 15) is 19.2 Å². The molecule has 0 radical (unpaired) electrons. The zero-order valence-electron chi connectivity index (χ0n) is 19.5. The van der Waals surface area contributed by atoms with E-state index in [0.29, 0.717) is 5.02 Å². The second-order valence-corrected chi connectivity index (χ2v) is 9.26. The van der Waals surface area contributed by atoms with Crippen molar-refractivity contribution in [3.63, 3.8) is 0 Å². The molecule has 3 aromatic rings. The van der Waals surface area contributed by atoms with Gasteiger partial charge >= 0.3 is 5.97 Å². The van der Waals surface area contributed by atoms with Crippen LogP contribution in [0.2, 0.25) is 10.0 Å². The van der Waals surface area contributed by atoms with Gasteiger partial charge in [-0.1, -0.05) is 83.9 Å². The van der Waals surface area contributed by atoms with E-state index in [1.807, 2.05) is 60.7 Å². The number of amides is 3. The van der Waals surface area contributed by atoms with Crippen molar-refractivity contribution in [1.29, 1.82) is 0 Å². The summed E-state index contributed by atoms with van der Waals surface area (Å²) < 4.78 is 5.10. The van der Waals surface area contributed by atoms with E-state index in [4.69, 9.17) is 27.9 Å². The van der Waals surface area contributed by atoms with Crippen molar-refractivity contribution in [2.75, 3.05) is 18.5 Å². The molecule has 1 fully saturated rings. The Bertz CT molecular complexity index is 1260. The van der Waals surface area contributed by atoms with Crippen LogP contribution in [0.5, 0.6) is 0 Å². The molecule has 0 bridgehead atoms. The Kier molecular flexibility index (Phi) is 8.43. The Morgan fingerprint density at radius 1 is 0.946 bits per heavy atom. The number of nitrogens with zero attached hydrogens (tertiary/aromatic N) is 1. The molecule has 0 unspecified atom stereocenters. The molecule has 2 N–H and O–H groups in total. The third-order valence-electron chi connectivity index (χ3n) is 5.78. The Morgan fingerprint density at radius 3 is 2.19 bits per heavy atom. The number of hydrogen-bond acceptors (Lipinski definition) is 5. The summed E-state index contributed by atoms with van der Waals surface area (Å²) in [6, 6.07) is 23.0. The molecule has 37 heavy (non-hydrogen) atoms. The van der Waals surface area contributed by atoms with Crippen molar-refractivity contribution in [3.8, 4) is 0 Å². The molecule has 0 aromatic heterocycles. The van der Waals surface area contributed by atoms with Crippen LogP contribution >= 0.6 is 23.2 Å². The maximum Gasteiger partial charge on any atom is 0.311 e. The van der Waals surface area contributed by atoms with E-state index in [0.717, 1.165) is 16.1 Å². The third kappa shape index (κ3) is 6.67. The summed E-state index contributed by atoms with van der Waals surface area (Å²) >= 11 is 11.9. The molecule has 1 saturated heterocycles. The van der Waals surface area contributed by atoms with E-state index < -0.39 is 42.1 Å². The molecule has 3 amide bonds. The van der Waals surface area contributed by atoms with Gasteiger partial charge in [-0.05, 0) is 29.3 Å². The van der Waals surface area contributed by atoms with E-state index >= 15 is 0 Å². The Morgan fingerprint density at radius 2 is 1.57 bits per heavy atom. The maximum atomic E-state index is 13.3. The number of nitrogens with one attached hydrogen (secondary N) is 2. The molecule has 10 heteroatoms. The van der Waals surface area contributed by atoms with Crippen LogP contribution in [0.4, 0.5) is 5.69 Å². The monoisotopic (exact) mass is 539 g/mol. The number of esters is 1. The molecule has 1 aliphatic rings. The highest BCUT2D eigenvalue weighted by molar-refractivity contribution is 6.35. The van der Waals surface area contributed by atoms with E-state index in [1.165, 1.54) is 12.1 Å². The number of ether oxygens (including phenoxy) is 1. The number of halogens is 2. The SMILES string of the molecule is O=C(COC(=O)[C@H]1CC(=O)N(NC(=O)C(c2ccccc2)c2ccccc2)C1)Nc1cc(Cl)ccc1Cl. The average molecular weight is 540 g/mol. The molecule has 4 rings (SSSR count). The van der Waals surface area contributed by atoms with Gasteiger partial charge in [0.25, 0.3) is 11.8 Å². The van der Waals surface area contributed by atoms with Crippen LogP contribution in [0.15, 0.2) is 78.9 Å². The summed E-state index contributed by atoms with van der Waals surface area (Å²) in [5.74, 6) is -3.64. The fraction of sp³-hybridized carbons (Fsp3) is 0.185. The lowest BCUT2D eigenvalue weighted by Crippen LogP contribution is -2.45. The van der Waals surface area contributed by atoms with Crippen molar-refractivity contribution in [3.05, 3.63) is 100 Å². The third-order valence-corrected chi connectivity index (χ3v) is 6.34. The molecule has 0 saturated carbocycles. The molecule has 1 heterocycles. The Balaban J connectivity index is 1.35. The fourth-order valence-electron chi connectivity index (χ4n) is 3.99. The summed E-state index contributed by atoms with van der Waals surface area (Å²) in [6.45, 7) is -0.635. The highest BCUT2D eigenvalue weighted by Crippen LogP contribution is 2.27. The van der Waals surface area contributed by atoms with Gasteiger partial charge in [0.2, 0.25) is 5.91 Å². The summed E-state index contributed by atoms with van der Waals surface area (Å²) in [5.41, 5.74) is 4.46. The minimum Gasteiger partial charge on any atom is -0.455 e. The van der Waals surface area contributed by atoms with Gasteiger partial charge in [-0.3, -0.25) is 29.6 Å². The Hall–Kier alpha value is -3.88. The maximum absolute atomic E-state index is 13.3. The van der Waals surface area contributed by atoms with Crippen LogP contribution in [-0.2, 0) is 23.9 Å². The van der Waals surface area contributed by atoms with E-state index in [-0.39, 0.29) is 23.7 Å².